The van der Waals surface area contributed by atoms with E-state index in [4.69, 9.17) is 0 Å². The van der Waals surface area contributed by atoms with Crippen LogP contribution in [0.2, 0.25) is 0 Å². The molecule has 1 atom stereocenters. The molecule has 1 heterocycles. The first-order valence-corrected chi connectivity index (χ1v) is 7.40. The normalized spacial score (nSPS) is 17.8. The highest BCUT2D eigenvalue weighted by atomic mass is 16.2. The Hall–Kier alpha value is -2.37. The van der Waals surface area contributed by atoms with Crippen molar-refractivity contribution < 1.29 is 14.4 Å². The van der Waals surface area contributed by atoms with Crippen molar-refractivity contribution in [1.29, 1.82) is 0 Å². The lowest BCUT2D eigenvalue weighted by molar-refractivity contribution is -0.131. The predicted octanol–water partition coefficient (Wildman–Crippen LogP) is 1.27. The van der Waals surface area contributed by atoms with Gasteiger partial charge in [0.1, 0.15) is 6.04 Å². The third kappa shape index (κ3) is 4.07. The fourth-order valence-corrected chi connectivity index (χ4v) is 2.21. The van der Waals surface area contributed by atoms with E-state index in [9.17, 15) is 14.4 Å². The van der Waals surface area contributed by atoms with Crippen LogP contribution in [-0.4, -0.2) is 35.3 Å². The van der Waals surface area contributed by atoms with Crippen molar-refractivity contribution >= 4 is 17.8 Å². The highest BCUT2D eigenvalue weighted by Gasteiger charge is 2.38. The molecule has 0 aliphatic carbocycles. The molecule has 0 radical (unpaired) electrons. The van der Waals surface area contributed by atoms with Crippen LogP contribution in [0.1, 0.15) is 25.8 Å². The zero-order chi connectivity index (χ0) is 16.1. The molecule has 0 bridgehead atoms. The number of nitrogens with one attached hydrogen (secondary N) is 2. The van der Waals surface area contributed by atoms with Gasteiger partial charge in [0, 0.05) is 6.54 Å². The van der Waals surface area contributed by atoms with Gasteiger partial charge in [0.05, 0.1) is 13.0 Å². The van der Waals surface area contributed by atoms with Crippen LogP contribution in [0.5, 0.6) is 0 Å². The minimum atomic E-state index is -0.775. The van der Waals surface area contributed by atoms with E-state index in [1.54, 1.807) is 0 Å². The van der Waals surface area contributed by atoms with Gasteiger partial charge in [0.25, 0.3) is 5.91 Å². The minimum Gasteiger partial charge on any atom is -0.356 e. The molecule has 0 aromatic heterocycles. The maximum atomic E-state index is 12.3. The molecule has 1 aromatic carbocycles. The standard InChI is InChI=1S/C16H21N3O3/c1-11(2)9-17-14(20)8-13-15(21)19(16(22)18-13)10-12-6-4-3-5-7-12/h3-7,11,13H,8-10H2,1-2H3,(H,17,20)(H,18,22). The van der Waals surface area contributed by atoms with Crippen molar-refractivity contribution in [1.82, 2.24) is 15.5 Å². The Morgan fingerprint density at radius 3 is 2.59 bits per heavy atom. The van der Waals surface area contributed by atoms with Crippen molar-refractivity contribution in [2.24, 2.45) is 5.92 Å². The predicted molar refractivity (Wildman–Crippen MR) is 81.8 cm³/mol. The van der Waals surface area contributed by atoms with Crippen molar-refractivity contribution in [2.45, 2.75) is 32.9 Å². The Bertz CT molecular complexity index is 557. The molecule has 1 fully saturated rings. The van der Waals surface area contributed by atoms with Gasteiger partial charge in [0.15, 0.2) is 0 Å². The smallest absolute Gasteiger partial charge is 0.325 e. The lowest BCUT2D eigenvalue weighted by atomic mass is 10.1. The lowest BCUT2D eigenvalue weighted by Gasteiger charge is -2.13. The van der Waals surface area contributed by atoms with Gasteiger partial charge in [-0.1, -0.05) is 44.2 Å². The molecule has 1 saturated heterocycles. The molecule has 1 aliphatic rings. The van der Waals surface area contributed by atoms with Gasteiger partial charge in [0.2, 0.25) is 5.91 Å². The molecule has 0 spiro atoms. The molecule has 2 N–H and O–H groups in total. The maximum Gasteiger partial charge on any atom is 0.325 e. The molecule has 1 aromatic rings. The van der Waals surface area contributed by atoms with E-state index >= 15 is 0 Å². The molecular weight excluding hydrogens is 282 g/mol. The lowest BCUT2D eigenvalue weighted by Crippen LogP contribution is -2.37. The summed E-state index contributed by atoms with van der Waals surface area (Å²) in [6.45, 7) is 4.76. The van der Waals surface area contributed by atoms with E-state index in [0.29, 0.717) is 12.5 Å². The summed E-state index contributed by atoms with van der Waals surface area (Å²) < 4.78 is 0. The summed E-state index contributed by atoms with van der Waals surface area (Å²) >= 11 is 0. The number of urea groups is 1. The van der Waals surface area contributed by atoms with E-state index in [1.165, 1.54) is 0 Å². The van der Waals surface area contributed by atoms with Gasteiger partial charge in [-0.25, -0.2) is 4.79 Å². The van der Waals surface area contributed by atoms with Crippen LogP contribution in [0.15, 0.2) is 30.3 Å². The summed E-state index contributed by atoms with van der Waals surface area (Å²) in [5, 5.41) is 5.32. The van der Waals surface area contributed by atoms with Crippen molar-refractivity contribution in [3.63, 3.8) is 0 Å². The maximum absolute atomic E-state index is 12.3. The fraction of sp³-hybridized carbons (Fsp3) is 0.438. The molecule has 1 unspecified atom stereocenters. The molecule has 22 heavy (non-hydrogen) atoms. The summed E-state index contributed by atoms with van der Waals surface area (Å²) in [7, 11) is 0. The number of carbonyl (C=O) groups is 3. The Kier molecular flexibility index (Phi) is 5.14. The van der Waals surface area contributed by atoms with Gasteiger partial charge in [-0.2, -0.15) is 0 Å². The van der Waals surface area contributed by atoms with Gasteiger partial charge in [-0.05, 0) is 11.5 Å². The first kappa shape index (κ1) is 16.0. The van der Waals surface area contributed by atoms with Gasteiger partial charge in [-0.3, -0.25) is 14.5 Å². The van der Waals surface area contributed by atoms with E-state index in [-0.39, 0.29) is 24.8 Å². The number of hydrogen-bond acceptors (Lipinski definition) is 3. The molecule has 0 saturated carbocycles. The zero-order valence-electron chi connectivity index (χ0n) is 12.8. The topological polar surface area (TPSA) is 78.5 Å². The van der Waals surface area contributed by atoms with Crippen LogP contribution < -0.4 is 10.6 Å². The number of nitrogens with zero attached hydrogens (tertiary/aromatic N) is 1. The molecule has 1 aliphatic heterocycles. The van der Waals surface area contributed by atoms with Crippen molar-refractivity contribution in [3.8, 4) is 0 Å². The number of amides is 4. The monoisotopic (exact) mass is 303 g/mol. The highest BCUT2D eigenvalue weighted by molar-refractivity contribution is 6.05. The molecule has 6 nitrogen and oxygen atoms in total. The Morgan fingerprint density at radius 2 is 1.95 bits per heavy atom. The summed E-state index contributed by atoms with van der Waals surface area (Å²) in [5.74, 6) is -0.241. The molecule has 4 amide bonds. The number of hydrogen-bond donors (Lipinski definition) is 2. The number of carbonyl (C=O) groups excluding carboxylic acids is 3. The number of imide groups is 1. The Balaban J connectivity index is 1.92. The van der Waals surface area contributed by atoms with Crippen molar-refractivity contribution in [2.75, 3.05) is 6.54 Å². The summed E-state index contributed by atoms with van der Waals surface area (Å²) in [6.07, 6.45) is -0.0252. The van der Waals surface area contributed by atoms with Gasteiger partial charge < -0.3 is 10.6 Å². The average molecular weight is 303 g/mol. The van der Waals surface area contributed by atoms with E-state index < -0.39 is 12.1 Å². The quantitative estimate of drug-likeness (QED) is 0.777. The summed E-state index contributed by atoms with van der Waals surface area (Å²) in [4.78, 5) is 37.1. The number of rotatable bonds is 6. The molecule has 2 rings (SSSR count). The molecule has 6 heteroatoms. The minimum absolute atomic E-state index is 0.0252. The van der Waals surface area contributed by atoms with E-state index in [0.717, 1.165) is 10.5 Å². The van der Waals surface area contributed by atoms with Crippen molar-refractivity contribution in [3.05, 3.63) is 35.9 Å². The largest absolute Gasteiger partial charge is 0.356 e. The van der Waals surface area contributed by atoms with Crippen LogP contribution >= 0.6 is 0 Å². The van der Waals surface area contributed by atoms with Gasteiger partial charge in [-0.15, -0.1) is 0 Å². The highest BCUT2D eigenvalue weighted by Crippen LogP contribution is 2.13. The SMILES string of the molecule is CC(C)CNC(=O)CC1NC(=O)N(Cc2ccccc2)C1=O. The molecular formula is C16H21N3O3. The average Bonchev–Trinajstić information content (AvgIpc) is 2.74. The second-order valence-electron chi connectivity index (χ2n) is 5.81. The van der Waals surface area contributed by atoms with Crippen LogP contribution in [-0.2, 0) is 16.1 Å². The van der Waals surface area contributed by atoms with Crippen LogP contribution in [0.3, 0.4) is 0 Å². The Labute approximate surface area is 129 Å². The summed E-state index contributed by atoms with van der Waals surface area (Å²) in [6, 6.07) is 8.05. The second kappa shape index (κ2) is 7.06. The van der Waals surface area contributed by atoms with Crippen LogP contribution in [0.4, 0.5) is 4.79 Å². The fourth-order valence-electron chi connectivity index (χ4n) is 2.21. The van der Waals surface area contributed by atoms with Gasteiger partial charge >= 0.3 is 6.03 Å². The van der Waals surface area contributed by atoms with E-state index in [1.807, 2.05) is 44.2 Å². The molecule has 118 valence electrons. The van der Waals surface area contributed by atoms with Crippen LogP contribution in [0.25, 0.3) is 0 Å². The second-order valence-corrected chi connectivity index (χ2v) is 5.81. The Morgan fingerprint density at radius 1 is 1.27 bits per heavy atom. The van der Waals surface area contributed by atoms with E-state index in [2.05, 4.69) is 10.6 Å². The first-order chi connectivity index (χ1) is 10.5. The third-order valence-corrected chi connectivity index (χ3v) is 3.39. The van der Waals surface area contributed by atoms with Crippen LogP contribution in [0, 0.1) is 5.92 Å². The number of benzene rings is 1. The first-order valence-electron chi connectivity index (χ1n) is 7.40. The summed E-state index contributed by atoms with van der Waals surface area (Å²) in [5.41, 5.74) is 0.871. The zero-order valence-corrected chi connectivity index (χ0v) is 12.8. The third-order valence-electron chi connectivity index (χ3n) is 3.39.